The number of sulfone groups is 1. The molecule has 1 aromatic carbocycles. The number of anilines is 1. The Labute approximate surface area is 153 Å². The van der Waals surface area contributed by atoms with Crippen LogP contribution in [0, 0.1) is 23.4 Å². The van der Waals surface area contributed by atoms with Crippen molar-refractivity contribution in [1.82, 2.24) is 4.57 Å². The number of hydrogen-bond acceptors (Lipinski definition) is 4. The van der Waals surface area contributed by atoms with Crippen LogP contribution in [0.2, 0.25) is 0 Å². The third kappa shape index (κ3) is 4.16. The Morgan fingerprint density at radius 3 is 2.52 bits per heavy atom. The topological polar surface area (TPSA) is 77.4 Å². The van der Waals surface area contributed by atoms with Crippen LogP contribution in [-0.4, -0.2) is 37.9 Å². The molecule has 27 heavy (non-hydrogen) atoms. The minimum Gasteiger partial charge on any atom is -0.381 e. The number of carbonyl (C=O) groups excluding carboxylic acids is 1. The van der Waals surface area contributed by atoms with Gasteiger partial charge in [0.1, 0.15) is 5.69 Å². The molecule has 1 saturated heterocycles. The maximum atomic E-state index is 13.3. The number of aromatic nitrogens is 1. The highest BCUT2D eigenvalue weighted by atomic mass is 32.2. The SMILES string of the molecule is Cn1cc(S(=O)(=O)C[C@H]2CCOC2)cc1C(=O)Nc1cc(F)c(F)c(F)c1. The number of carbonyl (C=O) groups is 1. The molecule has 1 aromatic heterocycles. The molecule has 1 amide bonds. The van der Waals surface area contributed by atoms with Crippen LogP contribution in [0.5, 0.6) is 0 Å². The van der Waals surface area contributed by atoms with Gasteiger partial charge < -0.3 is 14.6 Å². The molecule has 2 aromatic rings. The number of ether oxygens (including phenoxy) is 1. The van der Waals surface area contributed by atoms with Crippen molar-refractivity contribution in [2.45, 2.75) is 11.3 Å². The van der Waals surface area contributed by atoms with Gasteiger partial charge in [-0.15, -0.1) is 0 Å². The lowest BCUT2D eigenvalue weighted by Crippen LogP contribution is -2.16. The van der Waals surface area contributed by atoms with Crippen LogP contribution >= 0.6 is 0 Å². The average molecular weight is 402 g/mol. The van der Waals surface area contributed by atoms with Gasteiger partial charge in [-0.1, -0.05) is 0 Å². The molecule has 0 spiro atoms. The second-order valence-corrected chi connectivity index (χ2v) is 8.43. The Kier molecular flexibility index (Phi) is 5.29. The van der Waals surface area contributed by atoms with Crippen LogP contribution in [-0.2, 0) is 21.6 Å². The van der Waals surface area contributed by atoms with Crippen LogP contribution in [0.1, 0.15) is 16.9 Å². The van der Waals surface area contributed by atoms with Crippen molar-refractivity contribution in [2.24, 2.45) is 13.0 Å². The van der Waals surface area contributed by atoms with Gasteiger partial charge in [-0.05, 0) is 18.4 Å². The van der Waals surface area contributed by atoms with Crippen molar-refractivity contribution < 1.29 is 31.1 Å². The molecule has 10 heteroatoms. The standard InChI is InChI=1S/C17H17F3N2O4S/c1-22-7-12(27(24,25)9-10-2-3-26-8-10)6-15(22)17(23)21-11-4-13(18)16(20)14(19)5-11/h4-7,10H,2-3,8-9H2,1H3,(H,21,23)/t10-/m0/s1. The molecule has 0 bridgehead atoms. The summed E-state index contributed by atoms with van der Waals surface area (Å²) in [4.78, 5) is 12.3. The summed E-state index contributed by atoms with van der Waals surface area (Å²) in [7, 11) is -2.15. The number of nitrogens with zero attached hydrogens (tertiary/aromatic N) is 1. The fourth-order valence-corrected chi connectivity index (χ4v) is 4.56. The van der Waals surface area contributed by atoms with Crippen LogP contribution in [0.3, 0.4) is 0 Å². The molecule has 2 heterocycles. The first kappa shape index (κ1) is 19.4. The molecule has 1 fully saturated rings. The highest BCUT2D eigenvalue weighted by Crippen LogP contribution is 2.23. The van der Waals surface area contributed by atoms with Crippen molar-refractivity contribution in [3.8, 4) is 0 Å². The zero-order valence-electron chi connectivity index (χ0n) is 14.3. The van der Waals surface area contributed by atoms with Crippen LogP contribution in [0.25, 0.3) is 0 Å². The fraction of sp³-hybridized carbons (Fsp3) is 0.353. The molecular formula is C17H17F3N2O4S. The fourth-order valence-electron chi connectivity index (χ4n) is 2.87. The summed E-state index contributed by atoms with van der Waals surface area (Å²) in [6.07, 6.45) is 1.95. The van der Waals surface area contributed by atoms with E-state index in [0.29, 0.717) is 31.8 Å². The second kappa shape index (κ2) is 7.35. The average Bonchev–Trinajstić information content (AvgIpc) is 3.21. The zero-order valence-corrected chi connectivity index (χ0v) is 15.2. The molecule has 0 aliphatic carbocycles. The van der Waals surface area contributed by atoms with Crippen molar-refractivity contribution in [3.63, 3.8) is 0 Å². The predicted octanol–water partition coefficient (Wildman–Crippen LogP) is 2.50. The van der Waals surface area contributed by atoms with Crippen molar-refractivity contribution in [2.75, 3.05) is 24.3 Å². The van der Waals surface area contributed by atoms with Crippen molar-refractivity contribution in [3.05, 3.63) is 47.5 Å². The molecule has 1 N–H and O–H groups in total. The van der Waals surface area contributed by atoms with Gasteiger partial charge in [0, 0.05) is 37.7 Å². The van der Waals surface area contributed by atoms with E-state index in [-0.39, 0.29) is 27.9 Å². The summed E-state index contributed by atoms with van der Waals surface area (Å²) >= 11 is 0. The third-order valence-corrected chi connectivity index (χ3v) is 6.14. The molecule has 146 valence electrons. The highest BCUT2D eigenvalue weighted by Gasteiger charge is 2.27. The van der Waals surface area contributed by atoms with E-state index in [2.05, 4.69) is 5.32 Å². The molecule has 1 atom stereocenters. The third-order valence-electron chi connectivity index (χ3n) is 4.29. The number of rotatable bonds is 5. The minimum atomic E-state index is -3.62. The number of benzene rings is 1. The van der Waals surface area contributed by atoms with Gasteiger partial charge in [0.05, 0.1) is 17.3 Å². The summed E-state index contributed by atoms with van der Waals surface area (Å²) < 4.78 is 71.0. The lowest BCUT2D eigenvalue weighted by molar-refractivity contribution is 0.101. The summed E-state index contributed by atoms with van der Waals surface area (Å²) in [6.45, 7) is 0.897. The van der Waals surface area contributed by atoms with Gasteiger partial charge in [-0.3, -0.25) is 4.79 Å². The quantitative estimate of drug-likeness (QED) is 0.780. The maximum Gasteiger partial charge on any atom is 0.272 e. The van der Waals surface area contributed by atoms with Gasteiger partial charge in [-0.2, -0.15) is 0 Å². The van der Waals surface area contributed by atoms with Gasteiger partial charge in [0.15, 0.2) is 27.3 Å². The number of hydrogen-bond donors (Lipinski definition) is 1. The van der Waals surface area contributed by atoms with E-state index >= 15 is 0 Å². The Balaban J connectivity index is 1.80. The van der Waals surface area contributed by atoms with E-state index in [0.717, 1.165) is 0 Å². The highest BCUT2D eigenvalue weighted by molar-refractivity contribution is 7.91. The molecule has 1 aliphatic heterocycles. The summed E-state index contributed by atoms with van der Waals surface area (Å²) in [5.41, 5.74) is -0.313. The molecule has 0 radical (unpaired) electrons. The lowest BCUT2D eigenvalue weighted by atomic mass is 10.2. The Hall–Kier alpha value is -2.33. The van der Waals surface area contributed by atoms with E-state index in [1.54, 1.807) is 0 Å². The summed E-state index contributed by atoms with van der Waals surface area (Å²) in [5.74, 6) is -5.51. The van der Waals surface area contributed by atoms with Crippen molar-refractivity contribution >= 4 is 21.4 Å². The summed E-state index contributed by atoms with van der Waals surface area (Å²) in [5, 5.41) is 2.22. The van der Waals surface area contributed by atoms with Crippen molar-refractivity contribution in [1.29, 1.82) is 0 Å². The van der Waals surface area contributed by atoms with Gasteiger partial charge in [0.25, 0.3) is 5.91 Å². The number of nitrogens with one attached hydrogen (secondary N) is 1. The van der Waals surface area contributed by atoms with Crippen LogP contribution in [0.4, 0.5) is 18.9 Å². The van der Waals surface area contributed by atoms with E-state index < -0.39 is 33.2 Å². The van der Waals surface area contributed by atoms with Gasteiger partial charge >= 0.3 is 0 Å². The van der Waals surface area contributed by atoms with Crippen LogP contribution < -0.4 is 5.32 Å². The predicted molar refractivity (Wildman–Crippen MR) is 90.7 cm³/mol. The molecule has 0 unspecified atom stereocenters. The first-order valence-electron chi connectivity index (χ1n) is 8.10. The molecule has 6 nitrogen and oxygen atoms in total. The minimum absolute atomic E-state index is 0.0265. The Morgan fingerprint density at radius 2 is 1.93 bits per heavy atom. The number of aryl methyl sites for hydroxylation is 1. The number of halogens is 3. The first-order chi connectivity index (χ1) is 12.7. The lowest BCUT2D eigenvalue weighted by Gasteiger charge is -2.07. The second-order valence-electron chi connectivity index (χ2n) is 6.39. The Morgan fingerprint density at radius 1 is 1.26 bits per heavy atom. The monoisotopic (exact) mass is 402 g/mol. The van der Waals surface area contributed by atoms with E-state index in [4.69, 9.17) is 4.74 Å². The van der Waals surface area contributed by atoms with E-state index in [9.17, 15) is 26.4 Å². The first-order valence-corrected chi connectivity index (χ1v) is 9.75. The largest absolute Gasteiger partial charge is 0.381 e. The normalized spacial score (nSPS) is 17.3. The smallest absolute Gasteiger partial charge is 0.272 e. The number of amides is 1. The van der Waals surface area contributed by atoms with Gasteiger partial charge in [-0.25, -0.2) is 21.6 Å². The molecule has 0 saturated carbocycles. The Bertz CT molecular complexity index is 959. The molecule has 3 rings (SSSR count). The van der Waals surface area contributed by atoms with Gasteiger partial charge in [0.2, 0.25) is 0 Å². The van der Waals surface area contributed by atoms with E-state index in [1.165, 1.54) is 23.9 Å². The van der Waals surface area contributed by atoms with E-state index in [1.807, 2.05) is 0 Å². The van der Waals surface area contributed by atoms with Crippen LogP contribution in [0.15, 0.2) is 29.3 Å². The summed E-state index contributed by atoms with van der Waals surface area (Å²) in [6, 6.07) is 2.46. The zero-order chi connectivity index (χ0) is 19.8. The maximum absolute atomic E-state index is 13.3. The molecular weight excluding hydrogens is 385 g/mol. The molecule has 1 aliphatic rings.